The summed E-state index contributed by atoms with van der Waals surface area (Å²) in [6.07, 6.45) is 1.83. The van der Waals surface area contributed by atoms with Crippen LogP contribution in [0.25, 0.3) is 0 Å². The second-order valence-electron chi connectivity index (χ2n) is 3.55. The maximum Gasteiger partial charge on any atom is 0.345 e. The molecule has 0 unspecified atom stereocenters. The van der Waals surface area contributed by atoms with Gasteiger partial charge in [-0.25, -0.2) is 0 Å². The van der Waals surface area contributed by atoms with Crippen molar-refractivity contribution < 1.29 is 13.5 Å². The topological polar surface area (TPSA) is 12.5 Å². The molecule has 0 N–H and O–H groups in total. The lowest BCUT2D eigenvalue weighted by molar-refractivity contribution is -0.132. The van der Waals surface area contributed by atoms with Gasteiger partial charge in [0.2, 0.25) is 0 Å². The molecule has 4 heteroatoms. The predicted octanol–water partition coefficient (Wildman–Crippen LogP) is 2.26. The monoisotopic (exact) mass is 192 g/mol. The van der Waals surface area contributed by atoms with Crippen LogP contribution in [0, 0.1) is 6.10 Å². The lowest BCUT2D eigenvalue weighted by Gasteiger charge is -2.33. The molecular weight excluding hydrogens is 176 g/mol. The largest absolute Gasteiger partial charge is 0.345 e. The van der Waals surface area contributed by atoms with E-state index in [1.165, 1.54) is 0 Å². The minimum atomic E-state index is -2.65. The highest BCUT2D eigenvalue weighted by Gasteiger charge is 2.24. The van der Waals surface area contributed by atoms with Gasteiger partial charge in [0, 0.05) is 19.1 Å². The van der Waals surface area contributed by atoms with Crippen LogP contribution in [0.2, 0.25) is 0 Å². The smallest absolute Gasteiger partial charge is 0.313 e. The van der Waals surface area contributed by atoms with Gasteiger partial charge >= 0.3 is 6.61 Å². The zero-order chi connectivity index (χ0) is 9.84. The van der Waals surface area contributed by atoms with Crippen LogP contribution in [0.1, 0.15) is 26.7 Å². The number of nitrogens with zero attached hydrogens (tertiary/aromatic N) is 1. The fourth-order valence-corrected chi connectivity index (χ4v) is 1.53. The first-order valence-corrected chi connectivity index (χ1v) is 4.63. The molecule has 1 rings (SSSR count). The SMILES string of the molecule is CC(C)N1CC[C](OC(F)F)CC1. The van der Waals surface area contributed by atoms with Crippen LogP contribution in [-0.2, 0) is 4.74 Å². The lowest BCUT2D eigenvalue weighted by atomic mass is 10.1. The molecule has 0 aromatic rings. The Hall–Kier alpha value is -0.220. The molecule has 0 amide bonds. The molecule has 2 nitrogen and oxygen atoms in total. The molecule has 1 fully saturated rings. The van der Waals surface area contributed by atoms with E-state index >= 15 is 0 Å². The van der Waals surface area contributed by atoms with Crippen molar-refractivity contribution in [3.8, 4) is 0 Å². The van der Waals surface area contributed by atoms with Gasteiger partial charge in [0.25, 0.3) is 0 Å². The number of alkyl halides is 2. The number of halogens is 2. The number of hydrogen-bond donors (Lipinski definition) is 0. The maximum atomic E-state index is 11.8. The standard InChI is InChI=1S/C9H16F2NO/c1-7(2)12-5-3-8(4-6-12)13-9(10)11/h7,9H,3-6H2,1-2H3. The minimum absolute atomic E-state index is 0.494. The van der Waals surface area contributed by atoms with E-state index in [1.54, 1.807) is 0 Å². The number of ether oxygens (including phenoxy) is 1. The highest BCUT2D eigenvalue weighted by Crippen LogP contribution is 2.23. The molecule has 0 atom stereocenters. The van der Waals surface area contributed by atoms with E-state index in [-0.39, 0.29) is 0 Å². The highest BCUT2D eigenvalue weighted by atomic mass is 19.3. The Morgan fingerprint density at radius 1 is 1.23 bits per heavy atom. The number of likely N-dealkylation sites (tertiary alicyclic amines) is 1. The molecule has 1 radical (unpaired) electrons. The number of piperidine rings is 1. The second-order valence-corrected chi connectivity index (χ2v) is 3.55. The van der Waals surface area contributed by atoms with E-state index in [0.29, 0.717) is 25.0 Å². The molecule has 0 aromatic heterocycles. The zero-order valence-corrected chi connectivity index (χ0v) is 8.09. The van der Waals surface area contributed by atoms with Gasteiger partial charge in [-0.05, 0) is 26.7 Å². The van der Waals surface area contributed by atoms with Crippen LogP contribution < -0.4 is 0 Å². The first-order chi connectivity index (χ1) is 6.09. The van der Waals surface area contributed by atoms with Crippen LogP contribution in [0.4, 0.5) is 8.78 Å². The van der Waals surface area contributed by atoms with Gasteiger partial charge in [-0.3, -0.25) is 0 Å². The Labute approximate surface area is 77.9 Å². The molecule has 1 heterocycles. The van der Waals surface area contributed by atoms with Gasteiger partial charge in [0.1, 0.15) is 6.10 Å². The summed E-state index contributed by atoms with van der Waals surface area (Å²) < 4.78 is 28.0. The van der Waals surface area contributed by atoms with Crippen molar-refractivity contribution >= 4 is 0 Å². The summed E-state index contributed by atoms with van der Waals surface area (Å²) in [5, 5.41) is 0. The third-order valence-corrected chi connectivity index (χ3v) is 2.34. The second kappa shape index (κ2) is 4.86. The van der Waals surface area contributed by atoms with Crippen LogP contribution in [-0.4, -0.2) is 30.6 Å². The van der Waals surface area contributed by atoms with Gasteiger partial charge in [-0.15, -0.1) is 0 Å². The van der Waals surface area contributed by atoms with Gasteiger partial charge in [0.05, 0.1) is 0 Å². The van der Waals surface area contributed by atoms with Crippen molar-refractivity contribution in [1.82, 2.24) is 4.90 Å². The van der Waals surface area contributed by atoms with Crippen LogP contribution in [0.5, 0.6) is 0 Å². The van der Waals surface area contributed by atoms with Gasteiger partial charge in [0.15, 0.2) is 0 Å². The Morgan fingerprint density at radius 2 is 1.77 bits per heavy atom. The van der Waals surface area contributed by atoms with Crippen molar-refractivity contribution in [2.45, 2.75) is 39.3 Å². The molecule has 1 aliphatic heterocycles. The lowest BCUT2D eigenvalue weighted by Crippen LogP contribution is -2.38. The van der Waals surface area contributed by atoms with E-state index in [4.69, 9.17) is 0 Å². The number of hydrogen-bond acceptors (Lipinski definition) is 2. The highest BCUT2D eigenvalue weighted by molar-refractivity contribution is 4.87. The third kappa shape index (κ3) is 3.56. The predicted molar refractivity (Wildman–Crippen MR) is 46.3 cm³/mol. The zero-order valence-electron chi connectivity index (χ0n) is 8.09. The molecule has 0 aliphatic carbocycles. The van der Waals surface area contributed by atoms with E-state index < -0.39 is 6.61 Å². The van der Waals surface area contributed by atoms with E-state index in [0.717, 1.165) is 13.1 Å². The molecule has 1 saturated heterocycles. The summed E-state index contributed by atoms with van der Waals surface area (Å²) >= 11 is 0. The summed E-state index contributed by atoms with van der Waals surface area (Å²) in [6, 6.07) is 0.494. The van der Waals surface area contributed by atoms with E-state index in [9.17, 15) is 8.78 Å². The van der Waals surface area contributed by atoms with Crippen LogP contribution >= 0.6 is 0 Å². The Morgan fingerprint density at radius 3 is 2.15 bits per heavy atom. The van der Waals surface area contributed by atoms with Crippen molar-refractivity contribution in [2.24, 2.45) is 0 Å². The normalized spacial score (nSPS) is 21.7. The molecule has 0 saturated carbocycles. The molecular formula is C9H16F2NO. The van der Waals surface area contributed by atoms with E-state index in [1.807, 2.05) is 0 Å². The van der Waals surface area contributed by atoms with Crippen LogP contribution in [0.3, 0.4) is 0 Å². The fourth-order valence-electron chi connectivity index (χ4n) is 1.53. The number of rotatable bonds is 3. The average Bonchev–Trinajstić information content (AvgIpc) is 2.04. The Bertz CT molecular complexity index is 145. The van der Waals surface area contributed by atoms with Crippen LogP contribution in [0.15, 0.2) is 0 Å². The molecule has 0 aromatic carbocycles. The van der Waals surface area contributed by atoms with Crippen molar-refractivity contribution in [3.63, 3.8) is 0 Å². The molecule has 0 bridgehead atoms. The Kier molecular flexibility index (Phi) is 4.06. The molecule has 0 spiro atoms. The van der Waals surface area contributed by atoms with Crippen molar-refractivity contribution in [2.75, 3.05) is 13.1 Å². The summed E-state index contributed by atoms with van der Waals surface area (Å²) in [5.41, 5.74) is 0. The molecule has 77 valence electrons. The summed E-state index contributed by atoms with van der Waals surface area (Å²) in [4.78, 5) is 2.26. The maximum absolute atomic E-state index is 11.8. The Balaban J connectivity index is 2.22. The van der Waals surface area contributed by atoms with Gasteiger partial charge in [-0.1, -0.05) is 0 Å². The van der Waals surface area contributed by atoms with Crippen molar-refractivity contribution in [3.05, 3.63) is 6.10 Å². The first kappa shape index (κ1) is 10.9. The van der Waals surface area contributed by atoms with Gasteiger partial charge < -0.3 is 9.64 Å². The first-order valence-electron chi connectivity index (χ1n) is 4.63. The van der Waals surface area contributed by atoms with Crippen molar-refractivity contribution in [1.29, 1.82) is 0 Å². The average molecular weight is 192 g/mol. The molecule has 1 aliphatic rings. The van der Waals surface area contributed by atoms with E-state index in [2.05, 4.69) is 23.5 Å². The summed E-state index contributed by atoms with van der Waals surface area (Å²) in [7, 11) is 0. The third-order valence-electron chi connectivity index (χ3n) is 2.34. The summed E-state index contributed by atoms with van der Waals surface area (Å²) in [6.45, 7) is 3.23. The summed E-state index contributed by atoms with van der Waals surface area (Å²) in [5.74, 6) is 0. The fraction of sp³-hybridized carbons (Fsp3) is 0.889. The van der Waals surface area contributed by atoms with Gasteiger partial charge in [-0.2, -0.15) is 8.78 Å². The minimum Gasteiger partial charge on any atom is -0.313 e. The quantitative estimate of drug-likeness (QED) is 0.680. The molecule has 13 heavy (non-hydrogen) atoms.